The number of halogens is 1. The Morgan fingerprint density at radius 3 is 2.34 bits per heavy atom. The number of anilines is 1. The van der Waals surface area contributed by atoms with Crippen LogP contribution < -0.4 is 10.1 Å². The largest absolute Gasteiger partial charge is 0.496 e. The quantitative estimate of drug-likeness (QED) is 0.125. The second-order valence-corrected chi connectivity index (χ2v) is 12.9. The molecule has 8 nitrogen and oxygen atoms in total. The summed E-state index contributed by atoms with van der Waals surface area (Å²) < 4.78 is 5.71. The van der Waals surface area contributed by atoms with Crippen LogP contribution in [0.25, 0.3) is 22.3 Å². The molecule has 0 bridgehead atoms. The molecule has 2 unspecified atom stereocenters. The maximum Gasteiger partial charge on any atom is 0.307 e. The van der Waals surface area contributed by atoms with Crippen molar-refractivity contribution in [3.63, 3.8) is 0 Å². The van der Waals surface area contributed by atoms with Gasteiger partial charge in [-0.25, -0.2) is 0 Å². The molecule has 47 heavy (non-hydrogen) atoms. The van der Waals surface area contributed by atoms with E-state index in [2.05, 4.69) is 45.4 Å². The number of β-amino-alcohol motifs (C(OH)–C–C–N with tert-alkyl or cyclic N) is 1. The lowest BCUT2D eigenvalue weighted by Gasteiger charge is -2.19. The predicted molar refractivity (Wildman–Crippen MR) is 187 cm³/mol. The number of nitrogens with one attached hydrogen (secondary N) is 2. The summed E-state index contributed by atoms with van der Waals surface area (Å²) in [7, 11) is 1.66. The monoisotopic (exact) mass is 652 g/mol. The van der Waals surface area contributed by atoms with Crippen molar-refractivity contribution in [3.05, 3.63) is 106 Å². The van der Waals surface area contributed by atoms with Gasteiger partial charge in [0.15, 0.2) is 0 Å². The van der Waals surface area contributed by atoms with Crippen LogP contribution in [0.4, 0.5) is 5.69 Å². The van der Waals surface area contributed by atoms with Gasteiger partial charge >= 0.3 is 5.97 Å². The van der Waals surface area contributed by atoms with Gasteiger partial charge in [-0.15, -0.1) is 0 Å². The molecule has 0 saturated carbocycles. The van der Waals surface area contributed by atoms with Crippen LogP contribution in [0.15, 0.2) is 78.9 Å². The number of benzene rings is 4. The zero-order chi connectivity index (χ0) is 32.9. The van der Waals surface area contributed by atoms with Gasteiger partial charge in [-0.3, -0.25) is 14.6 Å². The molecule has 4 N–H and O–H groups in total. The maximum atomic E-state index is 11.4. The Labute approximate surface area is 281 Å². The Morgan fingerprint density at radius 1 is 0.936 bits per heavy atom. The molecule has 9 heteroatoms. The Bertz CT molecular complexity index is 1740. The SMILES string of the molecule is COc1cc(CNc2cccc(-c3cccc(-c4ccc(CN5CCC(O)C5)cc4)c3Cl)c2C=N)ccc1CN1CCC(C(=O)O)C1. The molecule has 0 aliphatic carbocycles. The van der Waals surface area contributed by atoms with Gasteiger partial charge in [-0.05, 0) is 53.8 Å². The first-order valence-corrected chi connectivity index (χ1v) is 16.5. The molecule has 0 amide bonds. The second-order valence-electron chi connectivity index (χ2n) is 12.5. The molecule has 4 aromatic carbocycles. The summed E-state index contributed by atoms with van der Waals surface area (Å²) in [4.78, 5) is 15.8. The number of rotatable bonds is 12. The van der Waals surface area contributed by atoms with E-state index in [0.717, 1.165) is 83.0 Å². The molecule has 0 radical (unpaired) electrons. The van der Waals surface area contributed by atoms with Gasteiger partial charge in [0.25, 0.3) is 0 Å². The summed E-state index contributed by atoms with van der Waals surface area (Å²) in [5, 5.41) is 31.7. The van der Waals surface area contributed by atoms with E-state index in [1.807, 2.05) is 48.5 Å². The average molecular weight is 653 g/mol. The molecule has 2 saturated heterocycles. The highest BCUT2D eigenvalue weighted by molar-refractivity contribution is 6.36. The number of hydrogen-bond acceptors (Lipinski definition) is 7. The van der Waals surface area contributed by atoms with Crippen molar-refractivity contribution >= 4 is 29.5 Å². The number of ether oxygens (including phenoxy) is 1. The summed E-state index contributed by atoms with van der Waals surface area (Å²) in [6.45, 7) is 4.94. The van der Waals surface area contributed by atoms with E-state index in [-0.39, 0.29) is 12.0 Å². The van der Waals surface area contributed by atoms with Crippen molar-refractivity contribution in [1.82, 2.24) is 9.80 Å². The Morgan fingerprint density at radius 2 is 1.64 bits per heavy atom. The van der Waals surface area contributed by atoms with E-state index in [1.54, 1.807) is 7.11 Å². The summed E-state index contributed by atoms with van der Waals surface area (Å²) >= 11 is 7.08. The van der Waals surface area contributed by atoms with Gasteiger partial charge < -0.3 is 25.7 Å². The molecule has 6 rings (SSSR count). The van der Waals surface area contributed by atoms with Crippen LogP contribution in [-0.4, -0.2) is 71.6 Å². The maximum absolute atomic E-state index is 11.4. The molecular formula is C38H41ClN4O4. The average Bonchev–Trinajstić information content (AvgIpc) is 3.73. The third-order valence-electron chi connectivity index (χ3n) is 9.31. The number of likely N-dealkylation sites (tertiary alicyclic amines) is 2. The lowest BCUT2D eigenvalue weighted by Crippen LogP contribution is -2.23. The van der Waals surface area contributed by atoms with Gasteiger partial charge in [0, 0.05) is 73.4 Å². The molecule has 2 atom stereocenters. The van der Waals surface area contributed by atoms with Gasteiger partial charge in [0.1, 0.15) is 5.75 Å². The highest BCUT2D eigenvalue weighted by Crippen LogP contribution is 2.39. The fraction of sp³-hybridized carbons (Fsp3) is 0.316. The molecule has 0 aromatic heterocycles. The smallest absolute Gasteiger partial charge is 0.307 e. The van der Waals surface area contributed by atoms with Crippen LogP contribution in [0.5, 0.6) is 5.75 Å². The molecule has 244 valence electrons. The number of carboxylic acid groups (broad SMARTS) is 1. The number of carboxylic acids is 1. The predicted octanol–water partition coefficient (Wildman–Crippen LogP) is 6.77. The third kappa shape index (κ3) is 7.52. The number of aliphatic hydroxyl groups is 1. The van der Waals surface area contributed by atoms with Gasteiger partial charge in [0.2, 0.25) is 0 Å². The molecular weight excluding hydrogens is 612 g/mol. The zero-order valence-corrected chi connectivity index (χ0v) is 27.3. The van der Waals surface area contributed by atoms with Crippen LogP contribution in [0.2, 0.25) is 5.02 Å². The Kier molecular flexibility index (Phi) is 10.2. The molecule has 2 aliphatic rings. The van der Waals surface area contributed by atoms with Crippen molar-refractivity contribution in [2.45, 2.75) is 38.6 Å². The topological polar surface area (TPSA) is 109 Å². The Balaban J connectivity index is 1.17. The first-order chi connectivity index (χ1) is 22.8. The summed E-state index contributed by atoms with van der Waals surface area (Å²) in [5.74, 6) is -0.269. The first-order valence-electron chi connectivity index (χ1n) is 16.1. The summed E-state index contributed by atoms with van der Waals surface area (Å²) in [5.41, 5.74) is 8.53. The number of hydrogen-bond donors (Lipinski definition) is 4. The van der Waals surface area contributed by atoms with E-state index in [0.29, 0.717) is 31.1 Å². The highest BCUT2D eigenvalue weighted by atomic mass is 35.5. The van der Waals surface area contributed by atoms with E-state index in [9.17, 15) is 15.0 Å². The lowest BCUT2D eigenvalue weighted by atomic mass is 9.94. The van der Waals surface area contributed by atoms with Crippen LogP contribution in [0.3, 0.4) is 0 Å². The minimum Gasteiger partial charge on any atom is -0.496 e. The molecule has 2 heterocycles. The number of methoxy groups -OCH3 is 1. The van der Waals surface area contributed by atoms with Crippen LogP contribution in [0.1, 0.15) is 35.1 Å². The van der Waals surface area contributed by atoms with E-state index < -0.39 is 5.97 Å². The van der Waals surface area contributed by atoms with Gasteiger partial charge in [-0.1, -0.05) is 78.3 Å². The summed E-state index contributed by atoms with van der Waals surface area (Å²) in [6.07, 6.45) is 2.64. The summed E-state index contributed by atoms with van der Waals surface area (Å²) in [6, 6.07) is 26.5. The van der Waals surface area contributed by atoms with E-state index in [4.69, 9.17) is 21.7 Å². The number of nitrogens with zero attached hydrogens (tertiary/aromatic N) is 2. The van der Waals surface area contributed by atoms with Crippen molar-refractivity contribution in [1.29, 1.82) is 5.41 Å². The molecule has 2 fully saturated rings. The van der Waals surface area contributed by atoms with Crippen molar-refractivity contribution < 1.29 is 19.7 Å². The van der Waals surface area contributed by atoms with Crippen molar-refractivity contribution in [2.75, 3.05) is 38.6 Å². The fourth-order valence-electron chi connectivity index (χ4n) is 6.72. The fourth-order valence-corrected chi connectivity index (χ4v) is 7.06. The first kappa shape index (κ1) is 32.7. The van der Waals surface area contributed by atoms with Crippen molar-refractivity contribution in [2.24, 2.45) is 5.92 Å². The van der Waals surface area contributed by atoms with Crippen LogP contribution >= 0.6 is 11.6 Å². The molecule has 0 spiro atoms. The molecule has 2 aliphatic heterocycles. The van der Waals surface area contributed by atoms with Crippen molar-refractivity contribution in [3.8, 4) is 28.0 Å². The lowest BCUT2D eigenvalue weighted by molar-refractivity contribution is -0.141. The standard InChI is InChI=1S/C38H41ClN4O4/c1-47-36-18-26(10-13-28(36)22-43-16-14-29(23-43)38(45)46)20-41-35-7-3-5-32(34(35)19-40)33-6-2-4-31(37(33)39)27-11-8-25(9-12-27)21-42-17-15-30(44)24-42/h2-13,18-19,29-30,40-41,44H,14-17,20-24H2,1H3,(H,45,46). The number of aliphatic carboxylic acids is 1. The zero-order valence-electron chi connectivity index (χ0n) is 26.6. The minimum atomic E-state index is -0.731. The minimum absolute atomic E-state index is 0.229. The highest BCUT2D eigenvalue weighted by Gasteiger charge is 2.28. The van der Waals surface area contributed by atoms with Gasteiger partial charge in [-0.2, -0.15) is 0 Å². The number of carbonyl (C=O) groups is 1. The third-order valence-corrected chi connectivity index (χ3v) is 9.72. The second kappa shape index (κ2) is 14.7. The van der Waals surface area contributed by atoms with Gasteiger partial charge in [0.05, 0.1) is 24.2 Å². The van der Waals surface area contributed by atoms with Crippen LogP contribution in [-0.2, 0) is 24.4 Å². The number of aliphatic hydroxyl groups excluding tert-OH is 1. The normalized spacial score (nSPS) is 18.4. The van der Waals surface area contributed by atoms with E-state index >= 15 is 0 Å². The molecule has 4 aromatic rings. The van der Waals surface area contributed by atoms with Crippen LogP contribution in [0, 0.1) is 11.3 Å². The Hall–Kier alpha value is -4.21. The van der Waals surface area contributed by atoms with E-state index in [1.165, 1.54) is 11.8 Å².